The Morgan fingerprint density at radius 1 is 1.10 bits per heavy atom. The summed E-state index contributed by atoms with van der Waals surface area (Å²) in [6.07, 6.45) is 4.08. The van der Waals surface area contributed by atoms with E-state index in [9.17, 15) is 4.79 Å². The Morgan fingerprint density at radius 2 is 1.93 bits per heavy atom. The molecule has 150 valence electrons. The first-order valence-electron chi connectivity index (χ1n) is 10.6. The highest BCUT2D eigenvalue weighted by molar-refractivity contribution is 5.94. The fourth-order valence-electron chi connectivity index (χ4n) is 5.94. The molecule has 29 heavy (non-hydrogen) atoms. The normalized spacial score (nSPS) is 31.8. The third-order valence-corrected chi connectivity index (χ3v) is 7.29. The maximum absolute atomic E-state index is 13.6. The number of aromatic nitrogens is 1. The molecule has 3 atom stereocenters. The number of hydrogen-bond acceptors (Lipinski definition) is 5. The van der Waals surface area contributed by atoms with Gasteiger partial charge in [-0.05, 0) is 68.1 Å². The number of rotatable bonds is 2. The van der Waals surface area contributed by atoms with Crippen molar-refractivity contribution in [2.24, 2.45) is 5.92 Å². The summed E-state index contributed by atoms with van der Waals surface area (Å²) in [5.74, 6) is 2.57. The summed E-state index contributed by atoms with van der Waals surface area (Å²) in [4.78, 5) is 22.7. The van der Waals surface area contributed by atoms with E-state index in [-0.39, 0.29) is 24.7 Å². The summed E-state index contributed by atoms with van der Waals surface area (Å²) in [6, 6.07) is 10.8. The number of piperidine rings is 3. The number of benzene rings is 1. The standard InChI is InChI=1S/C23H25N3O3/c1-14-3-2-8-24-20(14)23(27)26-12-17(16-4-5-18-19(11-16)29-13-28-18)22-21(26)15-6-9-25(22)10-7-15/h2-5,8,11,15,17,21-22H,6-7,9-10,12-13H2,1H3/t17-,21+,22+/m1/s1. The molecule has 4 saturated heterocycles. The predicted octanol–water partition coefficient (Wildman–Crippen LogP) is 2.82. The first-order valence-corrected chi connectivity index (χ1v) is 10.6. The average Bonchev–Trinajstić information content (AvgIpc) is 3.40. The Hall–Kier alpha value is -2.60. The Kier molecular flexibility index (Phi) is 3.85. The van der Waals surface area contributed by atoms with Crippen LogP contribution in [0, 0.1) is 12.8 Å². The summed E-state index contributed by atoms with van der Waals surface area (Å²) < 4.78 is 11.1. The number of ether oxygens (including phenoxy) is 2. The number of likely N-dealkylation sites (tertiary alicyclic amines) is 1. The van der Waals surface area contributed by atoms with Crippen LogP contribution in [0.4, 0.5) is 0 Å². The van der Waals surface area contributed by atoms with Crippen molar-refractivity contribution in [1.82, 2.24) is 14.8 Å². The molecule has 5 aliphatic rings. The van der Waals surface area contributed by atoms with E-state index in [1.807, 2.05) is 25.1 Å². The van der Waals surface area contributed by atoms with Crippen LogP contribution in [-0.4, -0.2) is 59.2 Å². The Bertz CT molecular complexity index is 970. The van der Waals surface area contributed by atoms with Gasteiger partial charge in [0.25, 0.3) is 5.91 Å². The zero-order valence-corrected chi connectivity index (χ0v) is 16.6. The van der Waals surface area contributed by atoms with E-state index >= 15 is 0 Å². The summed E-state index contributed by atoms with van der Waals surface area (Å²) in [5.41, 5.74) is 2.78. The molecule has 0 unspecified atom stereocenters. The van der Waals surface area contributed by atoms with Gasteiger partial charge in [0, 0.05) is 24.7 Å². The molecule has 1 amide bonds. The molecule has 0 N–H and O–H groups in total. The van der Waals surface area contributed by atoms with Gasteiger partial charge in [-0.25, -0.2) is 0 Å². The summed E-state index contributed by atoms with van der Waals surface area (Å²) in [6.45, 7) is 5.26. The minimum absolute atomic E-state index is 0.0788. The van der Waals surface area contributed by atoms with E-state index in [1.165, 1.54) is 18.4 Å². The first-order chi connectivity index (χ1) is 14.2. The molecule has 6 nitrogen and oxygen atoms in total. The van der Waals surface area contributed by atoms with E-state index in [2.05, 4.69) is 26.9 Å². The molecule has 0 radical (unpaired) electrons. The van der Waals surface area contributed by atoms with Crippen LogP contribution in [0.2, 0.25) is 0 Å². The molecule has 0 spiro atoms. The van der Waals surface area contributed by atoms with Crippen LogP contribution in [0.1, 0.15) is 40.4 Å². The molecule has 1 aromatic carbocycles. The number of aryl methyl sites for hydroxylation is 1. The number of amides is 1. The first kappa shape index (κ1) is 17.3. The lowest BCUT2D eigenvalue weighted by Crippen LogP contribution is -2.60. The van der Waals surface area contributed by atoms with Crippen LogP contribution in [0.15, 0.2) is 36.5 Å². The minimum atomic E-state index is 0.0788. The van der Waals surface area contributed by atoms with Gasteiger partial charge in [-0.1, -0.05) is 12.1 Å². The maximum Gasteiger partial charge on any atom is 0.273 e. The molecule has 7 rings (SSSR count). The third kappa shape index (κ3) is 2.58. The topological polar surface area (TPSA) is 54.9 Å². The van der Waals surface area contributed by atoms with Crippen LogP contribution >= 0.6 is 0 Å². The van der Waals surface area contributed by atoms with Crippen LogP contribution in [0.25, 0.3) is 0 Å². The van der Waals surface area contributed by atoms with Gasteiger partial charge < -0.3 is 14.4 Å². The summed E-state index contributed by atoms with van der Waals surface area (Å²) in [7, 11) is 0. The Morgan fingerprint density at radius 3 is 2.76 bits per heavy atom. The second-order valence-corrected chi connectivity index (χ2v) is 8.70. The molecule has 0 aliphatic carbocycles. The van der Waals surface area contributed by atoms with E-state index in [4.69, 9.17) is 9.47 Å². The lowest BCUT2D eigenvalue weighted by atomic mass is 9.75. The molecule has 6 heteroatoms. The highest BCUT2D eigenvalue weighted by atomic mass is 16.7. The number of carbonyl (C=O) groups is 1. The van der Waals surface area contributed by atoms with Gasteiger partial charge in [0.15, 0.2) is 11.5 Å². The van der Waals surface area contributed by atoms with Crippen molar-refractivity contribution in [1.29, 1.82) is 0 Å². The largest absolute Gasteiger partial charge is 0.454 e. The number of pyridine rings is 1. The SMILES string of the molecule is Cc1cccnc1C(=O)N1C[C@H](c2ccc3c(c2)OCO3)[C@H]2[C@@H]1C1CCN2CC1. The lowest BCUT2D eigenvalue weighted by molar-refractivity contribution is -0.00361. The van der Waals surface area contributed by atoms with Gasteiger partial charge in [-0.15, -0.1) is 0 Å². The Labute approximate surface area is 170 Å². The number of fused-ring (bicyclic) bond motifs is 3. The Balaban J connectivity index is 1.39. The molecule has 4 fully saturated rings. The lowest BCUT2D eigenvalue weighted by Gasteiger charge is -2.51. The second-order valence-electron chi connectivity index (χ2n) is 8.70. The van der Waals surface area contributed by atoms with Crippen LogP contribution in [0.3, 0.4) is 0 Å². The minimum Gasteiger partial charge on any atom is -0.454 e. The summed E-state index contributed by atoms with van der Waals surface area (Å²) >= 11 is 0. The molecule has 6 heterocycles. The highest BCUT2D eigenvalue weighted by Gasteiger charge is 2.55. The van der Waals surface area contributed by atoms with Crippen molar-refractivity contribution in [3.05, 3.63) is 53.3 Å². The van der Waals surface area contributed by atoms with E-state index in [0.717, 1.165) is 36.7 Å². The average molecular weight is 391 g/mol. The number of carbonyl (C=O) groups excluding carboxylic acids is 1. The monoisotopic (exact) mass is 391 g/mol. The molecule has 5 aliphatic heterocycles. The second kappa shape index (κ2) is 6.46. The molecule has 1 aromatic heterocycles. The van der Waals surface area contributed by atoms with Crippen LogP contribution in [0.5, 0.6) is 11.5 Å². The number of nitrogens with zero attached hydrogens (tertiary/aromatic N) is 3. The van der Waals surface area contributed by atoms with Gasteiger partial charge in [0.1, 0.15) is 5.69 Å². The summed E-state index contributed by atoms with van der Waals surface area (Å²) in [5, 5.41) is 0. The van der Waals surface area contributed by atoms with Gasteiger partial charge in [0.2, 0.25) is 6.79 Å². The van der Waals surface area contributed by atoms with Crippen molar-refractivity contribution in [3.63, 3.8) is 0 Å². The fraction of sp³-hybridized carbons (Fsp3) is 0.478. The van der Waals surface area contributed by atoms with E-state index in [0.29, 0.717) is 17.7 Å². The van der Waals surface area contributed by atoms with Gasteiger partial charge >= 0.3 is 0 Å². The molecule has 2 aromatic rings. The maximum atomic E-state index is 13.6. The van der Waals surface area contributed by atoms with Crippen LogP contribution in [-0.2, 0) is 0 Å². The smallest absolute Gasteiger partial charge is 0.273 e. The molecule has 2 bridgehead atoms. The van der Waals surface area contributed by atoms with Crippen molar-refractivity contribution < 1.29 is 14.3 Å². The highest BCUT2D eigenvalue weighted by Crippen LogP contribution is 2.48. The van der Waals surface area contributed by atoms with E-state index in [1.54, 1.807) is 6.20 Å². The fourth-order valence-corrected chi connectivity index (χ4v) is 5.94. The van der Waals surface area contributed by atoms with Gasteiger partial charge in [-0.2, -0.15) is 0 Å². The predicted molar refractivity (Wildman–Crippen MR) is 107 cm³/mol. The van der Waals surface area contributed by atoms with Crippen molar-refractivity contribution in [3.8, 4) is 11.5 Å². The number of hydrogen-bond donors (Lipinski definition) is 0. The van der Waals surface area contributed by atoms with Crippen molar-refractivity contribution in [2.45, 2.75) is 37.8 Å². The van der Waals surface area contributed by atoms with Crippen LogP contribution < -0.4 is 9.47 Å². The quantitative estimate of drug-likeness (QED) is 0.788. The van der Waals surface area contributed by atoms with Crippen molar-refractivity contribution in [2.75, 3.05) is 26.4 Å². The van der Waals surface area contributed by atoms with Gasteiger partial charge in [-0.3, -0.25) is 14.7 Å². The molecular weight excluding hydrogens is 366 g/mol. The zero-order valence-electron chi connectivity index (χ0n) is 16.6. The van der Waals surface area contributed by atoms with E-state index < -0.39 is 0 Å². The van der Waals surface area contributed by atoms with Crippen molar-refractivity contribution >= 4 is 5.91 Å². The van der Waals surface area contributed by atoms with Gasteiger partial charge in [0.05, 0.1) is 6.04 Å². The molecule has 0 saturated carbocycles. The molecular formula is C23H25N3O3. The third-order valence-electron chi connectivity index (χ3n) is 7.29. The zero-order chi connectivity index (χ0) is 19.5.